The smallest absolute Gasteiger partial charge is 0.226 e. The molecule has 0 N–H and O–H groups in total. The average molecular weight is 308 g/mol. The quantitative estimate of drug-likeness (QED) is 0.853. The van der Waals surface area contributed by atoms with Gasteiger partial charge in [0, 0.05) is 37.5 Å². The maximum absolute atomic E-state index is 12.7. The summed E-state index contributed by atoms with van der Waals surface area (Å²) in [6.07, 6.45) is 3.02. The topological polar surface area (TPSA) is 32.8 Å². The highest BCUT2D eigenvalue weighted by molar-refractivity contribution is 7.10. The molecule has 0 saturated carbocycles. The number of ether oxygens (including phenoxy) is 1. The molecular weight excluding hydrogens is 284 g/mol. The van der Waals surface area contributed by atoms with E-state index >= 15 is 0 Å². The lowest BCUT2D eigenvalue weighted by Crippen LogP contribution is -2.44. The standard InChI is InChI=1S/C16H24N2O2S/c1-20-10-9-17-6-2-13(3-7-17)16(19)18-8-4-15-14(12-18)5-11-21-15/h5,11,13H,2-4,6-10,12H2,1H3. The Morgan fingerprint density at radius 1 is 1.38 bits per heavy atom. The number of rotatable bonds is 4. The molecule has 1 amide bonds. The zero-order chi connectivity index (χ0) is 14.7. The molecule has 0 radical (unpaired) electrons. The first kappa shape index (κ1) is 15.0. The van der Waals surface area contributed by atoms with Gasteiger partial charge in [-0.2, -0.15) is 0 Å². The van der Waals surface area contributed by atoms with Gasteiger partial charge in [-0.1, -0.05) is 0 Å². The molecule has 1 aromatic heterocycles. The van der Waals surface area contributed by atoms with Crippen molar-refractivity contribution in [3.05, 3.63) is 21.9 Å². The fourth-order valence-corrected chi connectivity index (χ4v) is 4.21. The van der Waals surface area contributed by atoms with Gasteiger partial charge in [0.2, 0.25) is 5.91 Å². The molecule has 4 nitrogen and oxygen atoms in total. The van der Waals surface area contributed by atoms with Crippen molar-refractivity contribution in [3.8, 4) is 0 Å². The fourth-order valence-electron chi connectivity index (χ4n) is 3.32. The predicted octanol–water partition coefficient (Wildman–Crippen LogP) is 1.99. The Labute approximate surface area is 130 Å². The van der Waals surface area contributed by atoms with E-state index in [-0.39, 0.29) is 5.92 Å². The fraction of sp³-hybridized carbons (Fsp3) is 0.688. The molecule has 0 unspecified atom stereocenters. The molecule has 116 valence electrons. The second-order valence-corrected chi connectivity index (χ2v) is 6.99. The number of methoxy groups -OCH3 is 1. The minimum atomic E-state index is 0.226. The van der Waals surface area contributed by atoms with Crippen molar-refractivity contribution in [1.29, 1.82) is 0 Å². The zero-order valence-electron chi connectivity index (χ0n) is 12.7. The third kappa shape index (κ3) is 3.47. The normalized spacial score (nSPS) is 20.5. The number of nitrogens with zero attached hydrogens (tertiary/aromatic N) is 2. The third-order valence-corrected chi connectivity index (χ3v) is 5.69. The van der Waals surface area contributed by atoms with E-state index in [0.29, 0.717) is 5.91 Å². The number of likely N-dealkylation sites (tertiary alicyclic amines) is 1. The van der Waals surface area contributed by atoms with Gasteiger partial charge >= 0.3 is 0 Å². The van der Waals surface area contributed by atoms with E-state index in [1.807, 2.05) is 11.3 Å². The van der Waals surface area contributed by atoms with Crippen LogP contribution in [0.4, 0.5) is 0 Å². The van der Waals surface area contributed by atoms with Gasteiger partial charge in [0.1, 0.15) is 0 Å². The minimum Gasteiger partial charge on any atom is -0.383 e. The van der Waals surface area contributed by atoms with Crippen LogP contribution in [0.2, 0.25) is 0 Å². The molecule has 3 rings (SSSR count). The maximum atomic E-state index is 12.7. The summed E-state index contributed by atoms with van der Waals surface area (Å²) in [6, 6.07) is 2.17. The van der Waals surface area contributed by atoms with Gasteiger partial charge in [0.25, 0.3) is 0 Å². The zero-order valence-corrected chi connectivity index (χ0v) is 13.5. The lowest BCUT2D eigenvalue weighted by molar-refractivity contribution is -0.138. The van der Waals surface area contributed by atoms with Gasteiger partial charge in [-0.25, -0.2) is 0 Å². The highest BCUT2D eigenvalue weighted by Crippen LogP contribution is 2.27. The van der Waals surface area contributed by atoms with Crippen LogP contribution in [0.25, 0.3) is 0 Å². The van der Waals surface area contributed by atoms with Crippen LogP contribution in [0.15, 0.2) is 11.4 Å². The van der Waals surface area contributed by atoms with E-state index < -0.39 is 0 Å². The molecule has 2 aliphatic heterocycles. The molecule has 0 aromatic carbocycles. The molecule has 21 heavy (non-hydrogen) atoms. The average Bonchev–Trinajstić information content (AvgIpc) is 3.00. The van der Waals surface area contributed by atoms with Crippen molar-refractivity contribution in [2.45, 2.75) is 25.8 Å². The molecule has 0 aliphatic carbocycles. The summed E-state index contributed by atoms with van der Waals surface area (Å²) in [5, 5.41) is 2.15. The largest absolute Gasteiger partial charge is 0.383 e. The van der Waals surface area contributed by atoms with Gasteiger partial charge in [-0.15, -0.1) is 11.3 Å². The Bertz CT molecular complexity index is 480. The van der Waals surface area contributed by atoms with E-state index in [1.165, 1.54) is 10.4 Å². The monoisotopic (exact) mass is 308 g/mol. The molecule has 0 spiro atoms. The molecule has 3 heterocycles. The second kappa shape index (κ2) is 6.90. The van der Waals surface area contributed by atoms with Crippen LogP contribution in [0.1, 0.15) is 23.3 Å². The van der Waals surface area contributed by atoms with Crippen LogP contribution >= 0.6 is 11.3 Å². The van der Waals surface area contributed by atoms with Gasteiger partial charge < -0.3 is 14.5 Å². The number of piperidine rings is 1. The number of thiophene rings is 1. The Morgan fingerprint density at radius 2 is 2.19 bits per heavy atom. The summed E-state index contributed by atoms with van der Waals surface area (Å²) in [6.45, 7) is 5.54. The Morgan fingerprint density at radius 3 is 2.95 bits per heavy atom. The second-order valence-electron chi connectivity index (χ2n) is 5.99. The van der Waals surface area contributed by atoms with Crippen LogP contribution in [0.3, 0.4) is 0 Å². The molecular formula is C16H24N2O2S. The first-order valence-electron chi connectivity index (χ1n) is 7.83. The first-order chi connectivity index (χ1) is 10.3. The van der Waals surface area contributed by atoms with E-state index in [2.05, 4.69) is 21.2 Å². The van der Waals surface area contributed by atoms with Crippen molar-refractivity contribution in [2.75, 3.05) is 39.9 Å². The summed E-state index contributed by atoms with van der Waals surface area (Å²) in [5.74, 6) is 0.599. The molecule has 5 heteroatoms. The van der Waals surface area contributed by atoms with Gasteiger partial charge in [0.15, 0.2) is 0 Å². The van der Waals surface area contributed by atoms with Crippen molar-refractivity contribution >= 4 is 17.2 Å². The third-order valence-electron chi connectivity index (χ3n) is 4.67. The molecule has 0 atom stereocenters. The molecule has 1 aromatic rings. The summed E-state index contributed by atoms with van der Waals surface area (Å²) in [4.78, 5) is 18.6. The lowest BCUT2D eigenvalue weighted by Gasteiger charge is -2.35. The summed E-state index contributed by atoms with van der Waals surface area (Å²) < 4.78 is 5.12. The summed E-state index contributed by atoms with van der Waals surface area (Å²) in [7, 11) is 1.74. The minimum absolute atomic E-state index is 0.226. The van der Waals surface area contributed by atoms with E-state index in [1.54, 1.807) is 7.11 Å². The van der Waals surface area contributed by atoms with Gasteiger partial charge in [-0.3, -0.25) is 4.79 Å². The van der Waals surface area contributed by atoms with Crippen molar-refractivity contribution in [2.24, 2.45) is 5.92 Å². The van der Waals surface area contributed by atoms with E-state index in [0.717, 1.165) is 58.6 Å². The van der Waals surface area contributed by atoms with Crippen molar-refractivity contribution < 1.29 is 9.53 Å². The molecule has 1 saturated heterocycles. The van der Waals surface area contributed by atoms with Gasteiger partial charge in [-0.05, 0) is 49.4 Å². The number of amides is 1. The number of hydrogen-bond acceptors (Lipinski definition) is 4. The SMILES string of the molecule is COCCN1CCC(C(=O)N2CCc3sccc3C2)CC1. The van der Waals surface area contributed by atoms with E-state index in [4.69, 9.17) is 4.74 Å². The highest BCUT2D eigenvalue weighted by Gasteiger charge is 2.30. The van der Waals surface area contributed by atoms with Crippen molar-refractivity contribution in [1.82, 2.24) is 9.80 Å². The van der Waals surface area contributed by atoms with Crippen LogP contribution in [-0.4, -0.2) is 55.6 Å². The van der Waals surface area contributed by atoms with Crippen LogP contribution in [0, 0.1) is 5.92 Å². The van der Waals surface area contributed by atoms with Crippen LogP contribution < -0.4 is 0 Å². The molecule has 2 aliphatic rings. The number of carbonyl (C=O) groups is 1. The lowest BCUT2D eigenvalue weighted by atomic mass is 9.94. The molecule has 0 bridgehead atoms. The first-order valence-corrected chi connectivity index (χ1v) is 8.71. The van der Waals surface area contributed by atoms with Crippen LogP contribution in [-0.2, 0) is 22.5 Å². The van der Waals surface area contributed by atoms with Crippen LogP contribution in [0.5, 0.6) is 0 Å². The predicted molar refractivity (Wildman–Crippen MR) is 84.5 cm³/mol. The number of hydrogen-bond donors (Lipinski definition) is 0. The number of carbonyl (C=O) groups excluding carboxylic acids is 1. The van der Waals surface area contributed by atoms with Gasteiger partial charge in [0.05, 0.1) is 6.61 Å². The summed E-state index contributed by atoms with van der Waals surface area (Å²) in [5.41, 5.74) is 1.36. The van der Waals surface area contributed by atoms with E-state index in [9.17, 15) is 4.79 Å². The Balaban J connectivity index is 1.51. The molecule has 1 fully saturated rings. The Kier molecular flexibility index (Phi) is 4.93. The maximum Gasteiger partial charge on any atom is 0.226 e. The number of fused-ring (bicyclic) bond motifs is 1. The van der Waals surface area contributed by atoms with Crippen molar-refractivity contribution in [3.63, 3.8) is 0 Å². The summed E-state index contributed by atoms with van der Waals surface area (Å²) >= 11 is 1.83. The Hall–Kier alpha value is -0.910. The highest BCUT2D eigenvalue weighted by atomic mass is 32.1.